The summed E-state index contributed by atoms with van der Waals surface area (Å²) in [6.45, 7) is 5.97. The van der Waals surface area contributed by atoms with E-state index in [0.717, 1.165) is 18.4 Å². The third kappa shape index (κ3) is 7.34. The largest absolute Gasteiger partial charge is 0.514 e. The molecule has 56 valence electrons. The summed E-state index contributed by atoms with van der Waals surface area (Å²) in [4.78, 5) is 0. The number of rotatable bonds is 2. The predicted octanol–water partition coefficient (Wildman–Crippen LogP) is 2.04. The molecule has 0 aliphatic rings. The van der Waals surface area contributed by atoms with Crippen molar-refractivity contribution >= 4 is 0 Å². The molecule has 9 heavy (non-hydrogen) atoms. The van der Waals surface area contributed by atoms with Gasteiger partial charge in [0.05, 0.1) is 6.26 Å². The van der Waals surface area contributed by atoms with Crippen molar-refractivity contribution in [2.45, 2.75) is 27.2 Å². The molecule has 2 nitrogen and oxygen atoms in total. The van der Waals surface area contributed by atoms with E-state index in [1.54, 1.807) is 7.05 Å². The van der Waals surface area contributed by atoms with Gasteiger partial charge in [0.15, 0.2) is 0 Å². The van der Waals surface area contributed by atoms with Crippen molar-refractivity contribution in [1.29, 1.82) is 0 Å². The molecule has 0 saturated carbocycles. The molecule has 0 aromatic carbocycles. The molecule has 0 amide bonds. The highest BCUT2D eigenvalue weighted by Crippen LogP contribution is 1.89. The lowest BCUT2D eigenvalue weighted by Crippen LogP contribution is -2.03. The Kier molecular flexibility index (Phi) is 12.9. The van der Waals surface area contributed by atoms with E-state index in [9.17, 15) is 0 Å². The molecule has 0 radical (unpaired) electrons. The highest BCUT2D eigenvalue weighted by atomic mass is 16.2. The van der Waals surface area contributed by atoms with E-state index >= 15 is 0 Å². The second-order valence-corrected chi connectivity index (χ2v) is 1.26. The lowest BCUT2D eigenvalue weighted by molar-refractivity contribution is 0.460. The van der Waals surface area contributed by atoms with Gasteiger partial charge in [-0.2, -0.15) is 0 Å². The second-order valence-electron chi connectivity index (χ2n) is 1.26. The van der Waals surface area contributed by atoms with Gasteiger partial charge < -0.3 is 10.4 Å². The zero-order chi connectivity index (χ0) is 7.70. The van der Waals surface area contributed by atoms with Gasteiger partial charge in [-0.25, -0.2) is 0 Å². The third-order valence-electron chi connectivity index (χ3n) is 0.858. The molecule has 0 fully saturated rings. The van der Waals surface area contributed by atoms with Gasteiger partial charge in [0.25, 0.3) is 0 Å². The van der Waals surface area contributed by atoms with Crippen LogP contribution in [0.3, 0.4) is 0 Å². The van der Waals surface area contributed by atoms with Crippen molar-refractivity contribution in [1.82, 2.24) is 5.32 Å². The molecule has 2 N–H and O–H groups in total. The summed E-state index contributed by atoms with van der Waals surface area (Å²) in [5.74, 6) is 0. The highest BCUT2D eigenvalue weighted by Gasteiger charge is 1.82. The third-order valence-corrected chi connectivity index (χ3v) is 0.858. The van der Waals surface area contributed by atoms with E-state index in [1.807, 2.05) is 20.8 Å². The molecule has 0 aromatic heterocycles. The van der Waals surface area contributed by atoms with Crippen LogP contribution in [0, 0.1) is 0 Å². The summed E-state index contributed by atoms with van der Waals surface area (Å²) in [5, 5.41) is 11.1. The fourth-order valence-corrected chi connectivity index (χ4v) is 0.333. The molecule has 0 aromatic rings. The molecule has 0 heterocycles. The maximum atomic E-state index is 8.30. The van der Waals surface area contributed by atoms with Crippen LogP contribution in [0.5, 0.6) is 0 Å². The summed E-state index contributed by atoms with van der Waals surface area (Å²) < 4.78 is 0. The van der Waals surface area contributed by atoms with Crippen LogP contribution in [0.25, 0.3) is 0 Å². The zero-order valence-electron chi connectivity index (χ0n) is 6.73. The molecule has 0 atom stereocenters. The van der Waals surface area contributed by atoms with Gasteiger partial charge in [0, 0.05) is 12.7 Å². The Balaban J connectivity index is 0. The van der Waals surface area contributed by atoms with Crippen molar-refractivity contribution in [3.8, 4) is 0 Å². The van der Waals surface area contributed by atoms with Crippen LogP contribution >= 0.6 is 0 Å². The standard InChI is InChI=1S/C5H11NO.C2H6/c1-3-5(4-7)6-2;1-2/h4,6-7H,3H2,1-2H3;1-2H3/b5-4-;. The number of hydrogen-bond donors (Lipinski definition) is 2. The zero-order valence-corrected chi connectivity index (χ0v) is 6.73. The summed E-state index contributed by atoms with van der Waals surface area (Å²) in [6, 6.07) is 0. The van der Waals surface area contributed by atoms with Crippen LogP contribution in [0.4, 0.5) is 0 Å². The van der Waals surface area contributed by atoms with Gasteiger partial charge >= 0.3 is 0 Å². The van der Waals surface area contributed by atoms with Crippen LogP contribution in [-0.2, 0) is 0 Å². The number of hydrogen-bond acceptors (Lipinski definition) is 2. The average molecular weight is 131 g/mol. The first kappa shape index (κ1) is 11.2. The average Bonchev–Trinajstić information content (AvgIpc) is 1.96. The second kappa shape index (κ2) is 10.3. The van der Waals surface area contributed by atoms with E-state index in [0.29, 0.717) is 0 Å². The fraction of sp³-hybridized carbons (Fsp3) is 0.714. The molecule has 0 aliphatic carbocycles. The minimum atomic E-state index is 0.854. The lowest BCUT2D eigenvalue weighted by Gasteiger charge is -1.96. The summed E-state index contributed by atoms with van der Waals surface area (Å²) in [6.07, 6.45) is 1.94. The molecular weight excluding hydrogens is 114 g/mol. The van der Waals surface area contributed by atoms with Gasteiger partial charge in [-0.15, -0.1) is 0 Å². The van der Waals surface area contributed by atoms with E-state index in [-0.39, 0.29) is 0 Å². The predicted molar refractivity (Wildman–Crippen MR) is 41.4 cm³/mol. The molecule has 0 saturated heterocycles. The Morgan fingerprint density at radius 1 is 1.56 bits per heavy atom. The summed E-state index contributed by atoms with van der Waals surface area (Å²) >= 11 is 0. The van der Waals surface area contributed by atoms with Crippen molar-refractivity contribution in [2.75, 3.05) is 7.05 Å². The monoisotopic (exact) mass is 131 g/mol. The van der Waals surface area contributed by atoms with Crippen molar-refractivity contribution < 1.29 is 5.11 Å². The maximum absolute atomic E-state index is 8.30. The van der Waals surface area contributed by atoms with Gasteiger partial charge in [-0.3, -0.25) is 0 Å². The number of nitrogens with one attached hydrogen (secondary N) is 1. The minimum Gasteiger partial charge on any atom is -0.514 e. The normalized spacial score (nSPS) is 9.56. The summed E-state index contributed by atoms with van der Waals surface area (Å²) in [7, 11) is 1.78. The Morgan fingerprint density at radius 2 is 2.00 bits per heavy atom. The van der Waals surface area contributed by atoms with Crippen molar-refractivity contribution in [3.63, 3.8) is 0 Å². The molecule has 0 spiro atoms. The first-order valence-corrected chi connectivity index (χ1v) is 3.36. The lowest BCUT2D eigenvalue weighted by atomic mass is 10.4. The van der Waals surface area contributed by atoms with Gasteiger partial charge in [0.2, 0.25) is 0 Å². The van der Waals surface area contributed by atoms with Gasteiger partial charge in [-0.05, 0) is 6.42 Å². The van der Waals surface area contributed by atoms with Crippen LogP contribution in [0.1, 0.15) is 27.2 Å². The fourth-order valence-electron chi connectivity index (χ4n) is 0.333. The van der Waals surface area contributed by atoms with Crippen LogP contribution in [-0.4, -0.2) is 12.2 Å². The van der Waals surface area contributed by atoms with Gasteiger partial charge in [-0.1, -0.05) is 20.8 Å². The first-order chi connectivity index (χ1) is 4.35. The molecule has 0 aliphatic heterocycles. The minimum absolute atomic E-state index is 0.854. The van der Waals surface area contributed by atoms with Crippen LogP contribution in [0.2, 0.25) is 0 Å². The van der Waals surface area contributed by atoms with Crippen molar-refractivity contribution in [3.05, 3.63) is 12.0 Å². The quantitative estimate of drug-likeness (QED) is 0.562. The molecule has 0 rings (SSSR count). The Morgan fingerprint density at radius 3 is 2.00 bits per heavy atom. The van der Waals surface area contributed by atoms with Crippen molar-refractivity contribution in [2.24, 2.45) is 0 Å². The smallest absolute Gasteiger partial charge is 0.0980 e. The number of aliphatic hydroxyl groups is 1. The Labute approximate surface area is 57.6 Å². The molecule has 0 bridgehead atoms. The van der Waals surface area contributed by atoms with Crippen LogP contribution in [0.15, 0.2) is 12.0 Å². The molecule has 2 heteroatoms. The van der Waals surface area contributed by atoms with Crippen LogP contribution < -0.4 is 5.32 Å². The summed E-state index contributed by atoms with van der Waals surface area (Å²) in [5.41, 5.74) is 0.861. The van der Waals surface area contributed by atoms with E-state index in [2.05, 4.69) is 5.32 Å². The first-order valence-electron chi connectivity index (χ1n) is 3.36. The maximum Gasteiger partial charge on any atom is 0.0980 e. The van der Waals surface area contributed by atoms with E-state index in [4.69, 9.17) is 5.11 Å². The highest BCUT2D eigenvalue weighted by molar-refractivity contribution is 4.90. The molecular formula is C7H17NO. The topological polar surface area (TPSA) is 32.3 Å². The Bertz CT molecular complexity index is 63.3. The Hall–Kier alpha value is -0.660. The molecule has 0 unspecified atom stereocenters. The van der Waals surface area contributed by atoms with Gasteiger partial charge in [0.1, 0.15) is 0 Å². The number of aliphatic hydroxyl groups excluding tert-OH is 1. The van der Waals surface area contributed by atoms with E-state index in [1.165, 1.54) is 0 Å². The SMILES string of the molecule is CC.CC/C(=C/O)NC. The number of allylic oxidation sites excluding steroid dienone is 1. The van der Waals surface area contributed by atoms with E-state index < -0.39 is 0 Å².